The van der Waals surface area contributed by atoms with E-state index in [1.165, 1.54) is 12.1 Å². The fraction of sp³-hybridized carbons (Fsp3) is 0.625. The first-order chi connectivity index (χ1) is 9.49. The van der Waals surface area contributed by atoms with Gasteiger partial charge in [0, 0.05) is 6.04 Å². The summed E-state index contributed by atoms with van der Waals surface area (Å²) in [5.41, 5.74) is 6.71. The summed E-state index contributed by atoms with van der Waals surface area (Å²) in [4.78, 5) is 0. The van der Waals surface area contributed by atoms with E-state index in [0.29, 0.717) is 18.8 Å². The van der Waals surface area contributed by atoms with Crippen LogP contribution in [-0.4, -0.2) is 23.9 Å². The Balaban J connectivity index is 2.80. The van der Waals surface area contributed by atoms with Gasteiger partial charge in [0.25, 0.3) is 0 Å². The number of nitrogens with two attached hydrogens (primary N) is 1. The molecule has 0 spiro atoms. The van der Waals surface area contributed by atoms with E-state index in [1.807, 2.05) is 20.8 Å². The van der Waals surface area contributed by atoms with E-state index < -0.39 is 6.10 Å². The summed E-state index contributed by atoms with van der Waals surface area (Å²) < 4.78 is 18.9. The summed E-state index contributed by atoms with van der Waals surface area (Å²) in [6, 6.07) is 4.28. The number of hydrogen-bond acceptors (Lipinski definition) is 3. The van der Waals surface area contributed by atoms with Crippen LogP contribution in [0.15, 0.2) is 18.2 Å². The molecule has 114 valence electrons. The van der Waals surface area contributed by atoms with Crippen LogP contribution in [0.5, 0.6) is 5.75 Å². The lowest BCUT2D eigenvalue weighted by Gasteiger charge is -2.23. The maximum Gasteiger partial charge on any atom is 0.123 e. The predicted molar refractivity (Wildman–Crippen MR) is 79.5 cm³/mol. The Morgan fingerprint density at radius 1 is 1.35 bits per heavy atom. The zero-order chi connectivity index (χ0) is 15.1. The lowest BCUT2D eigenvalue weighted by molar-refractivity contribution is 0.123. The van der Waals surface area contributed by atoms with Crippen LogP contribution in [0.2, 0.25) is 0 Å². The molecule has 0 saturated heterocycles. The molecule has 1 rings (SSSR count). The van der Waals surface area contributed by atoms with Crippen LogP contribution >= 0.6 is 0 Å². The monoisotopic (exact) mass is 283 g/mol. The van der Waals surface area contributed by atoms with Gasteiger partial charge in [-0.3, -0.25) is 0 Å². The summed E-state index contributed by atoms with van der Waals surface area (Å²) in [6.07, 6.45) is 1.65. The number of benzene rings is 1. The predicted octanol–water partition coefficient (Wildman–Crippen LogP) is 3.21. The normalized spacial score (nSPS) is 15.7. The van der Waals surface area contributed by atoms with E-state index in [4.69, 9.17) is 10.5 Å². The second kappa shape index (κ2) is 8.22. The molecule has 0 aliphatic rings. The molecule has 1 aromatic rings. The molecule has 4 heteroatoms. The molecule has 0 aliphatic heterocycles. The third-order valence-corrected chi connectivity index (χ3v) is 3.51. The van der Waals surface area contributed by atoms with E-state index in [2.05, 4.69) is 0 Å². The molecule has 0 amide bonds. The first-order valence-corrected chi connectivity index (χ1v) is 7.35. The van der Waals surface area contributed by atoms with Gasteiger partial charge in [0.2, 0.25) is 0 Å². The smallest absolute Gasteiger partial charge is 0.123 e. The molecule has 3 nitrogen and oxygen atoms in total. The largest absolute Gasteiger partial charge is 0.494 e. The zero-order valence-corrected chi connectivity index (χ0v) is 12.6. The van der Waals surface area contributed by atoms with Crippen molar-refractivity contribution in [2.24, 2.45) is 5.73 Å². The van der Waals surface area contributed by atoms with Gasteiger partial charge in [-0.2, -0.15) is 0 Å². The molecular weight excluding hydrogens is 257 g/mol. The van der Waals surface area contributed by atoms with Gasteiger partial charge in [-0.15, -0.1) is 0 Å². The first kappa shape index (κ1) is 16.9. The van der Waals surface area contributed by atoms with E-state index in [-0.39, 0.29) is 17.8 Å². The van der Waals surface area contributed by atoms with Crippen molar-refractivity contribution in [3.05, 3.63) is 29.6 Å². The summed E-state index contributed by atoms with van der Waals surface area (Å²) in [5.74, 6) is 0.380. The van der Waals surface area contributed by atoms with E-state index in [9.17, 15) is 9.50 Å². The van der Waals surface area contributed by atoms with Gasteiger partial charge in [0.15, 0.2) is 0 Å². The molecule has 1 aromatic carbocycles. The number of aliphatic hydroxyl groups is 1. The summed E-state index contributed by atoms with van der Waals surface area (Å²) in [7, 11) is 0. The molecular formula is C16H26FNO2. The van der Waals surface area contributed by atoms with E-state index in [0.717, 1.165) is 18.4 Å². The van der Waals surface area contributed by atoms with Gasteiger partial charge in [-0.05, 0) is 49.4 Å². The Kier molecular flexibility index (Phi) is 6.96. The molecule has 0 heterocycles. The van der Waals surface area contributed by atoms with Crippen LogP contribution in [0, 0.1) is 5.82 Å². The van der Waals surface area contributed by atoms with Crippen LogP contribution in [0.3, 0.4) is 0 Å². The van der Waals surface area contributed by atoms with Crippen molar-refractivity contribution in [2.75, 3.05) is 6.61 Å². The fourth-order valence-electron chi connectivity index (χ4n) is 2.38. The minimum atomic E-state index is -0.581. The van der Waals surface area contributed by atoms with E-state index >= 15 is 0 Å². The third kappa shape index (κ3) is 4.76. The minimum Gasteiger partial charge on any atom is -0.494 e. The molecule has 0 bridgehead atoms. The quantitative estimate of drug-likeness (QED) is 0.770. The zero-order valence-electron chi connectivity index (χ0n) is 12.6. The molecule has 0 fully saturated rings. The summed E-state index contributed by atoms with van der Waals surface area (Å²) >= 11 is 0. The lowest BCUT2D eigenvalue weighted by Crippen LogP contribution is -2.35. The van der Waals surface area contributed by atoms with Crippen molar-refractivity contribution >= 4 is 0 Å². The molecule has 20 heavy (non-hydrogen) atoms. The highest BCUT2D eigenvalue weighted by Crippen LogP contribution is 2.31. The lowest BCUT2D eigenvalue weighted by atomic mass is 9.90. The van der Waals surface area contributed by atoms with Gasteiger partial charge >= 0.3 is 0 Å². The van der Waals surface area contributed by atoms with Gasteiger partial charge in [-0.1, -0.05) is 20.3 Å². The Morgan fingerprint density at radius 3 is 2.65 bits per heavy atom. The average Bonchev–Trinajstić information content (AvgIpc) is 2.41. The molecule has 0 radical (unpaired) electrons. The highest BCUT2D eigenvalue weighted by atomic mass is 19.1. The van der Waals surface area contributed by atoms with Gasteiger partial charge in [-0.25, -0.2) is 4.39 Å². The van der Waals surface area contributed by atoms with E-state index in [1.54, 1.807) is 6.07 Å². The number of aliphatic hydroxyl groups excluding tert-OH is 1. The van der Waals surface area contributed by atoms with Crippen LogP contribution in [0.1, 0.15) is 51.5 Å². The van der Waals surface area contributed by atoms with Crippen LogP contribution in [-0.2, 0) is 0 Å². The Bertz CT molecular complexity index is 411. The highest BCUT2D eigenvalue weighted by molar-refractivity contribution is 5.36. The number of hydrogen-bond donors (Lipinski definition) is 2. The van der Waals surface area contributed by atoms with Crippen molar-refractivity contribution in [1.82, 2.24) is 0 Å². The number of rotatable bonds is 8. The maximum atomic E-state index is 13.4. The van der Waals surface area contributed by atoms with Crippen molar-refractivity contribution in [2.45, 2.75) is 58.1 Å². The molecule has 0 aliphatic carbocycles. The van der Waals surface area contributed by atoms with Crippen molar-refractivity contribution in [3.63, 3.8) is 0 Å². The molecule has 3 unspecified atom stereocenters. The van der Waals surface area contributed by atoms with Gasteiger partial charge in [0.05, 0.1) is 12.7 Å². The average molecular weight is 283 g/mol. The SMILES string of the molecule is CCCC(N)C(O)CC(C)c1cc(F)ccc1OCC. The Labute approximate surface area is 120 Å². The second-order valence-corrected chi connectivity index (χ2v) is 5.27. The fourth-order valence-corrected chi connectivity index (χ4v) is 2.38. The molecule has 0 saturated carbocycles. The Morgan fingerprint density at radius 2 is 2.05 bits per heavy atom. The molecule has 3 atom stereocenters. The first-order valence-electron chi connectivity index (χ1n) is 7.35. The summed E-state index contributed by atoms with van der Waals surface area (Å²) in [5, 5.41) is 10.1. The van der Waals surface area contributed by atoms with Crippen molar-refractivity contribution in [1.29, 1.82) is 0 Å². The second-order valence-electron chi connectivity index (χ2n) is 5.27. The Hall–Kier alpha value is -1.13. The minimum absolute atomic E-state index is 0.00911. The number of ether oxygens (including phenoxy) is 1. The highest BCUT2D eigenvalue weighted by Gasteiger charge is 2.20. The van der Waals surface area contributed by atoms with Gasteiger partial charge in [0.1, 0.15) is 11.6 Å². The van der Waals surface area contributed by atoms with Crippen LogP contribution in [0.25, 0.3) is 0 Å². The standard InChI is InChI=1S/C16H26FNO2/c1-4-6-14(18)15(19)9-11(3)13-10-12(17)7-8-16(13)20-5-2/h7-8,10-11,14-15,19H,4-6,9,18H2,1-3H3. The van der Waals surface area contributed by atoms with Crippen molar-refractivity contribution < 1.29 is 14.2 Å². The molecule has 0 aromatic heterocycles. The number of halogens is 1. The maximum absolute atomic E-state index is 13.4. The van der Waals surface area contributed by atoms with Gasteiger partial charge < -0.3 is 15.6 Å². The van der Waals surface area contributed by atoms with Crippen LogP contribution < -0.4 is 10.5 Å². The van der Waals surface area contributed by atoms with Crippen molar-refractivity contribution in [3.8, 4) is 5.75 Å². The summed E-state index contributed by atoms with van der Waals surface area (Å²) in [6.45, 7) is 6.42. The topological polar surface area (TPSA) is 55.5 Å². The van der Waals surface area contributed by atoms with Crippen LogP contribution in [0.4, 0.5) is 4.39 Å². The third-order valence-electron chi connectivity index (χ3n) is 3.51. The molecule has 3 N–H and O–H groups in total.